The molecule has 0 aromatic carbocycles. The van der Waals surface area contributed by atoms with Crippen LogP contribution in [-0.4, -0.2) is 23.2 Å². The molecule has 0 fully saturated rings. The topological polar surface area (TPSA) is 44.2 Å². The minimum Gasteiger partial charge on any atom is -0.375 e. The number of rotatable bonds is 6. The van der Waals surface area contributed by atoms with Crippen molar-refractivity contribution in [3.8, 4) is 0 Å². The smallest absolute Gasteiger partial charge is 0.0998 e. The van der Waals surface area contributed by atoms with Crippen molar-refractivity contribution in [3.05, 3.63) is 22.1 Å². The molecular weight excluding hydrogens is 236 g/mol. The minimum absolute atomic E-state index is 0.498. The van der Waals surface area contributed by atoms with Gasteiger partial charge in [0.1, 0.15) is 0 Å². The first-order valence-electron chi connectivity index (χ1n) is 5.72. The standard InChI is InChI=1S/C12H16N2O2S/c1-3-15-5-9-10(6-16-4-2)14-12-8-17-7-11(12)13-9/h7-8H,3-6H2,1-2H3. The number of hydrogen-bond acceptors (Lipinski definition) is 5. The maximum absolute atomic E-state index is 5.41. The summed E-state index contributed by atoms with van der Waals surface area (Å²) in [6, 6.07) is 0. The lowest BCUT2D eigenvalue weighted by Crippen LogP contribution is -2.06. The molecular formula is C12H16N2O2S. The van der Waals surface area contributed by atoms with Gasteiger partial charge in [-0.2, -0.15) is 0 Å². The van der Waals surface area contributed by atoms with E-state index < -0.39 is 0 Å². The number of hydrogen-bond donors (Lipinski definition) is 0. The highest BCUT2D eigenvalue weighted by molar-refractivity contribution is 7.09. The van der Waals surface area contributed by atoms with Gasteiger partial charge in [0.25, 0.3) is 0 Å². The van der Waals surface area contributed by atoms with Crippen LogP contribution in [0, 0.1) is 0 Å². The summed E-state index contributed by atoms with van der Waals surface area (Å²) >= 11 is 1.61. The Labute approximate surface area is 105 Å². The average molecular weight is 252 g/mol. The van der Waals surface area contributed by atoms with Gasteiger partial charge in [0, 0.05) is 24.0 Å². The van der Waals surface area contributed by atoms with Crippen molar-refractivity contribution in [1.29, 1.82) is 0 Å². The molecule has 0 aliphatic rings. The third-order valence-electron chi connectivity index (χ3n) is 2.35. The van der Waals surface area contributed by atoms with E-state index in [9.17, 15) is 0 Å². The van der Waals surface area contributed by atoms with Crippen molar-refractivity contribution in [2.45, 2.75) is 27.1 Å². The van der Waals surface area contributed by atoms with Crippen molar-refractivity contribution in [1.82, 2.24) is 9.97 Å². The molecule has 0 amide bonds. The van der Waals surface area contributed by atoms with Crippen molar-refractivity contribution in [2.24, 2.45) is 0 Å². The van der Waals surface area contributed by atoms with Crippen molar-refractivity contribution in [2.75, 3.05) is 13.2 Å². The first-order valence-corrected chi connectivity index (χ1v) is 6.66. The van der Waals surface area contributed by atoms with E-state index in [4.69, 9.17) is 9.47 Å². The summed E-state index contributed by atoms with van der Waals surface area (Å²) < 4.78 is 10.8. The predicted octanol–water partition coefficient (Wildman–Crippen LogP) is 2.76. The predicted molar refractivity (Wildman–Crippen MR) is 68.1 cm³/mol. The molecule has 0 saturated heterocycles. The van der Waals surface area contributed by atoms with Crippen LogP contribution < -0.4 is 0 Å². The van der Waals surface area contributed by atoms with Crippen molar-refractivity contribution in [3.63, 3.8) is 0 Å². The lowest BCUT2D eigenvalue weighted by molar-refractivity contribution is 0.115. The summed E-state index contributed by atoms with van der Waals surface area (Å²) in [4.78, 5) is 9.14. The SMILES string of the molecule is CCOCc1nc2cscc2nc1COCC. The van der Waals surface area contributed by atoms with Crippen molar-refractivity contribution >= 4 is 22.4 Å². The Morgan fingerprint density at radius 1 is 0.941 bits per heavy atom. The molecule has 2 rings (SSSR count). The Balaban J connectivity index is 2.29. The molecule has 0 aliphatic carbocycles. The number of thiophene rings is 1. The highest BCUT2D eigenvalue weighted by atomic mass is 32.1. The first-order chi connectivity index (χ1) is 8.35. The molecule has 92 valence electrons. The average Bonchev–Trinajstić information content (AvgIpc) is 2.80. The van der Waals surface area contributed by atoms with Crippen LogP contribution in [-0.2, 0) is 22.7 Å². The van der Waals surface area contributed by atoms with Crippen LogP contribution in [0.15, 0.2) is 10.8 Å². The van der Waals surface area contributed by atoms with Crippen LogP contribution in [0.25, 0.3) is 11.0 Å². The summed E-state index contributed by atoms with van der Waals surface area (Å²) in [6.45, 7) is 6.29. The molecule has 0 atom stereocenters. The lowest BCUT2D eigenvalue weighted by Gasteiger charge is -2.08. The Hall–Kier alpha value is -1.04. The molecule has 0 N–H and O–H groups in total. The van der Waals surface area contributed by atoms with Crippen LogP contribution in [0.4, 0.5) is 0 Å². The third-order valence-corrected chi connectivity index (χ3v) is 3.07. The number of ether oxygens (including phenoxy) is 2. The van der Waals surface area contributed by atoms with Gasteiger partial charge < -0.3 is 9.47 Å². The van der Waals surface area contributed by atoms with Crippen LogP contribution in [0.1, 0.15) is 25.2 Å². The van der Waals surface area contributed by atoms with Crippen LogP contribution in [0.2, 0.25) is 0 Å². The summed E-state index contributed by atoms with van der Waals surface area (Å²) in [6.07, 6.45) is 0. The second kappa shape index (κ2) is 6.05. The number of nitrogens with zero attached hydrogens (tertiary/aromatic N) is 2. The van der Waals surface area contributed by atoms with Gasteiger partial charge in [-0.25, -0.2) is 9.97 Å². The summed E-state index contributed by atoms with van der Waals surface area (Å²) in [5.41, 5.74) is 3.63. The fraction of sp³-hybridized carbons (Fsp3) is 0.500. The van der Waals surface area contributed by atoms with E-state index in [1.54, 1.807) is 11.3 Å². The van der Waals surface area contributed by atoms with E-state index in [0.717, 1.165) is 22.4 Å². The maximum atomic E-state index is 5.41. The molecule has 0 bridgehead atoms. The highest BCUT2D eigenvalue weighted by Gasteiger charge is 2.09. The molecule has 0 unspecified atom stereocenters. The monoisotopic (exact) mass is 252 g/mol. The molecule has 17 heavy (non-hydrogen) atoms. The molecule has 2 aromatic rings. The van der Waals surface area contributed by atoms with E-state index in [-0.39, 0.29) is 0 Å². The normalized spacial score (nSPS) is 11.2. The Morgan fingerprint density at radius 3 is 1.82 bits per heavy atom. The molecule has 4 nitrogen and oxygen atoms in total. The van der Waals surface area contributed by atoms with E-state index in [0.29, 0.717) is 26.4 Å². The van der Waals surface area contributed by atoms with Gasteiger partial charge in [-0.05, 0) is 13.8 Å². The second-order valence-electron chi connectivity index (χ2n) is 3.53. The molecule has 5 heteroatoms. The molecule has 0 aliphatic heterocycles. The quantitative estimate of drug-likeness (QED) is 0.793. The van der Waals surface area contributed by atoms with Gasteiger partial charge in [0.2, 0.25) is 0 Å². The van der Waals surface area contributed by atoms with Crippen LogP contribution in [0.3, 0.4) is 0 Å². The molecule has 2 heterocycles. The Morgan fingerprint density at radius 2 is 1.41 bits per heavy atom. The zero-order valence-corrected chi connectivity index (χ0v) is 10.9. The largest absolute Gasteiger partial charge is 0.375 e. The minimum atomic E-state index is 0.498. The van der Waals surface area contributed by atoms with Gasteiger partial charge >= 0.3 is 0 Å². The van der Waals surface area contributed by atoms with Gasteiger partial charge in [0.05, 0.1) is 35.6 Å². The van der Waals surface area contributed by atoms with Gasteiger partial charge in [-0.1, -0.05) is 0 Å². The highest BCUT2D eigenvalue weighted by Crippen LogP contribution is 2.18. The fourth-order valence-corrected chi connectivity index (χ4v) is 2.17. The van der Waals surface area contributed by atoms with Gasteiger partial charge in [-0.3, -0.25) is 0 Å². The zero-order valence-electron chi connectivity index (χ0n) is 10.1. The van der Waals surface area contributed by atoms with E-state index >= 15 is 0 Å². The second-order valence-corrected chi connectivity index (χ2v) is 4.28. The van der Waals surface area contributed by atoms with E-state index in [2.05, 4.69) is 9.97 Å². The van der Waals surface area contributed by atoms with Gasteiger partial charge in [0.15, 0.2) is 0 Å². The molecule has 2 aromatic heterocycles. The zero-order chi connectivity index (χ0) is 12.1. The fourth-order valence-electron chi connectivity index (χ4n) is 1.50. The summed E-state index contributed by atoms with van der Waals surface area (Å²) in [7, 11) is 0. The molecule has 0 radical (unpaired) electrons. The Bertz CT molecular complexity index is 442. The van der Waals surface area contributed by atoms with E-state index in [1.807, 2.05) is 24.6 Å². The summed E-state index contributed by atoms with van der Waals surface area (Å²) in [5.74, 6) is 0. The first kappa shape index (κ1) is 12.4. The van der Waals surface area contributed by atoms with E-state index in [1.165, 1.54) is 0 Å². The number of aromatic nitrogens is 2. The van der Waals surface area contributed by atoms with Crippen LogP contribution in [0.5, 0.6) is 0 Å². The summed E-state index contributed by atoms with van der Waals surface area (Å²) in [5, 5.41) is 4.00. The maximum Gasteiger partial charge on any atom is 0.0998 e. The Kier molecular flexibility index (Phi) is 4.42. The lowest BCUT2D eigenvalue weighted by atomic mass is 10.3. The van der Waals surface area contributed by atoms with Gasteiger partial charge in [-0.15, -0.1) is 11.3 Å². The molecule has 0 spiro atoms. The number of fused-ring (bicyclic) bond motifs is 1. The van der Waals surface area contributed by atoms with Crippen LogP contribution >= 0.6 is 11.3 Å². The third kappa shape index (κ3) is 3.00. The van der Waals surface area contributed by atoms with Crippen molar-refractivity contribution < 1.29 is 9.47 Å². The molecule has 0 saturated carbocycles.